The Hall–Kier alpha value is -3.39. The Morgan fingerprint density at radius 2 is 2.03 bits per heavy atom. The molecular formula is C22H20ClN3O5. The molecule has 0 aliphatic carbocycles. The van der Waals surface area contributed by atoms with Crippen molar-refractivity contribution in [3.05, 3.63) is 63.7 Å². The number of rotatable bonds is 4. The average molecular weight is 442 g/mol. The summed E-state index contributed by atoms with van der Waals surface area (Å²) in [5, 5.41) is 5.55. The zero-order valence-electron chi connectivity index (χ0n) is 16.7. The third-order valence-corrected chi connectivity index (χ3v) is 5.79. The molecule has 31 heavy (non-hydrogen) atoms. The Balaban J connectivity index is 1.38. The molecule has 4 amide bonds. The van der Waals surface area contributed by atoms with E-state index in [1.54, 1.807) is 30.3 Å². The number of hydrogen-bond donors (Lipinski definition) is 2. The van der Waals surface area contributed by atoms with Crippen molar-refractivity contribution in [3.63, 3.8) is 0 Å². The fraction of sp³-hybridized carbons (Fsp3) is 0.273. The van der Waals surface area contributed by atoms with Gasteiger partial charge in [0.1, 0.15) is 11.8 Å². The summed E-state index contributed by atoms with van der Waals surface area (Å²) >= 11 is 5.97. The van der Waals surface area contributed by atoms with Gasteiger partial charge in [-0.1, -0.05) is 23.7 Å². The molecule has 2 aliphatic heterocycles. The van der Waals surface area contributed by atoms with Gasteiger partial charge in [0.2, 0.25) is 11.8 Å². The Bertz CT molecular complexity index is 1100. The molecule has 1 saturated heterocycles. The van der Waals surface area contributed by atoms with Crippen LogP contribution in [0, 0.1) is 6.92 Å². The predicted molar refractivity (Wildman–Crippen MR) is 112 cm³/mol. The maximum absolute atomic E-state index is 12.7. The van der Waals surface area contributed by atoms with Gasteiger partial charge in [-0.05, 0) is 54.3 Å². The number of piperidine rings is 1. The summed E-state index contributed by atoms with van der Waals surface area (Å²) < 4.78 is 5.26. The van der Waals surface area contributed by atoms with Gasteiger partial charge in [0.05, 0.1) is 0 Å². The second-order valence-corrected chi connectivity index (χ2v) is 7.95. The number of carbonyl (C=O) groups is 4. The predicted octanol–water partition coefficient (Wildman–Crippen LogP) is 2.70. The summed E-state index contributed by atoms with van der Waals surface area (Å²) in [6.45, 7) is 2.31. The van der Waals surface area contributed by atoms with Gasteiger partial charge in [0.25, 0.3) is 5.91 Å². The van der Waals surface area contributed by atoms with Crippen molar-refractivity contribution in [2.45, 2.75) is 38.9 Å². The molecule has 2 aromatic carbocycles. The molecule has 0 saturated carbocycles. The van der Waals surface area contributed by atoms with E-state index in [0.29, 0.717) is 22.8 Å². The zero-order valence-corrected chi connectivity index (χ0v) is 17.5. The van der Waals surface area contributed by atoms with Gasteiger partial charge in [0.15, 0.2) is 0 Å². The minimum Gasteiger partial charge on any atom is -0.410 e. The van der Waals surface area contributed by atoms with Gasteiger partial charge in [-0.15, -0.1) is 0 Å². The quantitative estimate of drug-likeness (QED) is 0.710. The van der Waals surface area contributed by atoms with Crippen molar-refractivity contribution in [3.8, 4) is 5.75 Å². The van der Waals surface area contributed by atoms with Crippen LogP contribution in [0.5, 0.6) is 5.75 Å². The first-order chi connectivity index (χ1) is 14.8. The van der Waals surface area contributed by atoms with Crippen molar-refractivity contribution in [2.24, 2.45) is 0 Å². The van der Waals surface area contributed by atoms with Crippen LogP contribution in [0.25, 0.3) is 0 Å². The first kappa shape index (κ1) is 20.9. The minimum absolute atomic E-state index is 0.209. The van der Waals surface area contributed by atoms with Crippen molar-refractivity contribution in [1.29, 1.82) is 0 Å². The number of ether oxygens (including phenoxy) is 1. The minimum atomic E-state index is -0.656. The zero-order chi connectivity index (χ0) is 22.1. The largest absolute Gasteiger partial charge is 0.412 e. The van der Waals surface area contributed by atoms with Gasteiger partial charge >= 0.3 is 6.09 Å². The second-order valence-electron chi connectivity index (χ2n) is 7.55. The smallest absolute Gasteiger partial charge is 0.410 e. The Morgan fingerprint density at radius 1 is 1.23 bits per heavy atom. The lowest BCUT2D eigenvalue weighted by molar-refractivity contribution is -0.136. The summed E-state index contributed by atoms with van der Waals surface area (Å²) in [5.41, 5.74) is 2.89. The molecule has 4 rings (SSSR count). The molecule has 8 nitrogen and oxygen atoms in total. The summed E-state index contributed by atoms with van der Waals surface area (Å²) in [4.78, 5) is 49.8. The normalized spacial score (nSPS) is 17.9. The summed E-state index contributed by atoms with van der Waals surface area (Å²) in [6, 6.07) is 9.55. The van der Waals surface area contributed by atoms with Crippen LogP contribution in [0.2, 0.25) is 5.02 Å². The molecule has 1 atom stereocenters. The van der Waals surface area contributed by atoms with Crippen molar-refractivity contribution >= 4 is 35.4 Å². The van der Waals surface area contributed by atoms with Crippen molar-refractivity contribution in [1.82, 2.24) is 15.5 Å². The van der Waals surface area contributed by atoms with Gasteiger partial charge < -0.3 is 15.0 Å². The number of imide groups is 1. The van der Waals surface area contributed by atoms with Crippen molar-refractivity contribution < 1.29 is 23.9 Å². The SMILES string of the molecule is Cc1cc(OC(=O)NCc2ccc3c(c2)CN(C2CCC(=O)NC2=O)C3=O)ccc1Cl. The van der Waals surface area contributed by atoms with Crippen LogP contribution in [0.15, 0.2) is 36.4 Å². The van der Waals surface area contributed by atoms with Crippen LogP contribution < -0.4 is 15.4 Å². The maximum atomic E-state index is 12.7. The number of aryl methyl sites for hydroxylation is 1. The van der Waals surface area contributed by atoms with Gasteiger partial charge in [-0.2, -0.15) is 0 Å². The van der Waals surface area contributed by atoms with E-state index in [1.807, 2.05) is 13.0 Å². The number of hydrogen-bond acceptors (Lipinski definition) is 5. The molecule has 0 aromatic heterocycles. The fourth-order valence-electron chi connectivity index (χ4n) is 3.74. The highest BCUT2D eigenvalue weighted by Gasteiger charge is 2.39. The Labute approximate surface area is 183 Å². The van der Waals surface area contributed by atoms with Gasteiger partial charge in [0, 0.05) is 30.1 Å². The molecule has 1 fully saturated rings. The number of halogens is 1. The average Bonchev–Trinajstić information content (AvgIpc) is 3.05. The van der Waals surface area contributed by atoms with E-state index in [1.165, 1.54) is 4.90 Å². The molecule has 2 aromatic rings. The highest BCUT2D eigenvalue weighted by Crippen LogP contribution is 2.28. The Kier molecular flexibility index (Phi) is 5.65. The fourth-order valence-corrected chi connectivity index (χ4v) is 3.85. The first-order valence-electron chi connectivity index (χ1n) is 9.80. The number of nitrogens with zero attached hydrogens (tertiary/aromatic N) is 1. The monoisotopic (exact) mass is 441 g/mol. The van der Waals surface area contributed by atoms with E-state index in [-0.39, 0.29) is 31.3 Å². The highest BCUT2D eigenvalue weighted by molar-refractivity contribution is 6.31. The molecule has 0 radical (unpaired) electrons. The number of nitrogens with one attached hydrogen (secondary N) is 2. The molecule has 2 aliphatic rings. The van der Waals surface area contributed by atoms with Crippen LogP contribution >= 0.6 is 11.6 Å². The molecule has 160 valence electrons. The van der Waals surface area contributed by atoms with Crippen LogP contribution in [0.4, 0.5) is 4.79 Å². The third kappa shape index (κ3) is 4.39. The summed E-state index contributed by atoms with van der Waals surface area (Å²) in [5.74, 6) is -0.612. The van der Waals surface area contributed by atoms with Crippen molar-refractivity contribution in [2.75, 3.05) is 0 Å². The van der Waals surface area contributed by atoms with Gasteiger partial charge in [-0.25, -0.2) is 4.79 Å². The lowest BCUT2D eigenvalue weighted by atomic mass is 10.0. The topological polar surface area (TPSA) is 105 Å². The highest BCUT2D eigenvalue weighted by atomic mass is 35.5. The lowest BCUT2D eigenvalue weighted by Crippen LogP contribution is -2.52. The van der Waals surface area contributed by atoms with Gasteiger partial charge in [-0.3, -0.25) is 19.7 Å². The van der Waals surface area contributed by atoms with Crippen LogP contribution in [-0.2, 0) is 22.7 Å². The van der Waals surface area contributed by atoms with E-state index in [9.17, 15) is 19.2 Å². The van der Waals surface area contributed by atoms with Crippen LogP contribution in [-0.4, -0.2) is 34.8 Å². The molecular weight excluding hydrogens is 422 g/mol. The third-order valence-electron chi connectivity index (χ3n) is 5.36. The molecule has 1 unspecified atom stereocenters. The first-order valence-corrected chi connectivity index (χ1v) is 10.2. The van der Waals surface area contributed by atoms with Crippen LogP contribution in [0.3, 0.4) is 0 Å². The number of fused-ring (bicyclic) bond motifs is 1. The molecule has 2 heterocycles. The van der Waals surface area contributed by atoms with Crippen LogP contribution in [0.1, 0.15) is 39.9 Å². The van der Waals surface area contributed by atoms with E-state index in [0.717, 1.165) is 16.7 Å². The lowest BCUT2D eigenvalue weighted by Gasteiger charge is -2.29. The number of amides is 4. The Morgan fingerprint density at radius 3 is 2.77 bits per heavy atom. The molecule has 2 N–H and O–H groups in total. The molecule has 0 bridgehead atoms. The summed E-state index contributed by atoms with van der Waals surface area (Å²) in [6.07, 6.45) is -0.0843. The van der Waals surface area contributed by atoms with E-state index in [2.05, 4.69) is 10.6 Å². The van der Waals surface area contributed by atoms with E-state index in [4.69, 9.17) is 16.3 Å². The number of carbonyl (C=O) groups excluding carboxylic acids is 4. The number of benzene rings is 2. The summed E-state index contributed by atoms with van der Waals surface area (Å²) in [7, 11) is 0. The van der Waals surface area contributed by atoms with E-state index < -0.39 is 18.0 Å². The molecule has 9 heteroatoms. The van der Waals surface area contributed by atoms with E-state index >= 15 is 0 Å². The standard InChI is InChI=1S/C22H20ClN3O5/c1-12-8-15(3-5-17(12)23)31-22(30)24-10-13-2-4-16-14(9-13)11-26(21(16)29)18-6-7-19(27)25-20(18)28/h2-5,8-9,18H,6-7,10-11H2,1H3,(H,24,30)(H,25,27,28). The molecule has 0 spiro atoms. The maximum Gasteiger partial charge on any atom is 0.412 e. The second kappa shape index (κ2) is 8.39.